The zero-order valence-electron chi connectivity index (χ0n) is 16.5. The van der Waals surface area contributed by atoms with Gasteiger partial charge in [0.1, 0.15) is 5.75 Å². The van der Waals surface area contributed by atoms with Gasteiger partial charge in [-0.15, -0.1) is 0 Å². The molecule has 4 aromatic rings. The van der Waals surface area contributed by atoms with Crippen molar-refractivity contribution in [2.75, 3.05) is 11.9 Å². The molecular formula is C25H22N2O2. The highest BCUT2D eigenvalue weighted by Gasteiger charge is 2.13. The summed E-state index contributed by atoms with van der Waals surface area (Å²) in [6.45, 7) is 4.48. The quantitative estimate of drug-likeness (QED) is 0.470. The fraction of sp³-hybridized carbons (Fsp3) is 0.120. The zero-order chi connectivity index (χ0) is 20.2. The molecule has 144 valence electrons. The molecule has 4 rings (SSSR count). The van der Waals surface area contributed by atoms with Gasteiger partial charge in [-0.25, -0.2) is 0 Å². The van der Waals surface area contributed by atoms with Gasteiger partial charge < -0.3 is 10.1 Å². The van der Waals surface area contributed by atoms with Crippen LogP contribution in [0.5, 0.6) is 5.75 Å². The number of aromatic nitrogens is 1. The van der Waals surface area contributed by atoms with Crippen molar-refractivity contribution >= 4 is 22.4 Å². The van der Waals surface area contributed by atoms with E-state index in [0.29, 0.717) is 17.9 Å². The Morgan fingerprint density at radius 1 is 1.00 bits per heavy atom. The number of hydrogen-bond acceptors (Lipinski definition) is 3. The van der Waals surface area contributed by atoms with Crippen LogP contribution in [0.15, 0.2) is 79.1 Å². The van der Waals surface area contributed by atoms with Gasteiger partial charge in [-0.3, -0.25) is 9.78 Å². The fourth-order valence-corrected chi connectivity index (χ4v) is 3.40. The van der Waals surface area contributed by atoms with E-state index in [1.165, 1.54) is 0 Å². The summed E-state index contributed by atoms with van der Waals surface area (Å²) in [5.41, 5.74) is 4.57. The molecule has 0 radical (unpaired) electrons. The summed E-state index contributed by atoms with van der Waals surface area (Å²) in [5.74, 6) is 0.397. The van der Waals surface area contributed by atoms with Crippen LogP contribution >= 0.6 is 0 Å². The summed E-state index contributed by atoms with van der Waals surface area (Å²) in [4.78, 5) is 17.0. The first-order valence-corrected chi connectivity index (χ1v) is 9.63. The molecule has 0 fully saturated rings. The Balaban J connectivity index is 1.65. The Bertz CT molecular complexity index is 1180. The second-order valence-corrected chi connectivity index (χ2v) is 6.85. The summed E-state index contributed by atoms with van der Waals surface area (Å²) in [6, 6.07) is 21.5. The average molecular weight is 382 g/mol. The fourth-order valence-electron chi connectivity index (χ4n) is 3.40. The number of nitrogens with one attached hydrogen (secondary N) is 1. The molecule has 0 aliphatic carbocycles. The Kier molecular flexibility index (Phi) is 5.25. The predicted octanol–water partition coefficient (Wildman–Crippen LogP) is 5.86. The molecule has 4 heteroatoms. The lowest BCUT2D eigenvalue weighted by atomic mass is 9.98. The van der Waals surface area contributed by atoms with Gasteiger partial charge in [-0.1, -0.05) is 30.3 Å². The highest BCUT2D eigenvalue weighted by molar-refractivity contribution is 6.06. The van der Waals surface area contributed by atoms with Crippen LogP contribution < -0.4 is 10.1 Å². The number of hydrogen-bond donors (Lipinski definition) is 1. The topological polar surface area (TPSA) is 51.2 Å². The molecule has 29 heavy (non-hydrogen) atoms. The van der Waals surface area contributed by atoms with Crippen LogP contribution in [0.2, 0.25) is 0 Å². The largest absolute Gasteiger partial charge is 0.493 e. The SMILES string of the molecule is CCOc1ccccc1C(=O)Nc1ccc(C)c(-c2ccc3ccncc3c2)c1. The molecule has 0 bridgehead atoms. The van der Waals surface area contributed by atoms with Crippen molar-refractivity contribution in [3.8, 4) is 16.9 Å². The average Bonchev–Trinajstić information content (AvgIpc) is 2.75. The van der Waals surface area contributed by atoms with Crippen molar-refractivity contribution < 1.29 is 9.53 Å². The molecule has 0 spiro atoms. The van der Waals surface area contributed by atoms with E-state index in [4.69, 9.17) is 4.74 Å². The minimum absolute atomic E-state index is 0.188. The van der Waals surface area contributed by atoms with E-state index in [1.54, 1.807) is 12.3 Å². The lowest BCUT2D eigenvalue weighted by Gasteiger charge is -2.13. The first-order chi connectivity index (χ1) is 14.2. The third-order valence-corrected chi connectivity index (χ3v) is 4.88. The molecule has 0 saturated heterocycles. The minimum atomic E-state index is -0.188. The molecule has 4 nitrogen and oxygen atoms in total. The van der Waals surface area contributed by atoms with Crippen LogP contribution in [0.25, 0.3) is 21.9 Å². The number of para-hydroxylation sites is 1. The highest BCUT2D eigenvalue weighted by atomic mass is 16.5. The van der Waals surface area contributed by atoms with Crippen molar-refractivity contribution in [3.05, 3.63) is 90.3 Å². The number of rotatable bonds is 5. The molecule has 1 amide bonds. The van der Waals surface area contributed by atoms with Gasteiger partial charge in [0.25, 0.3) is 5.91 Å². The number of nitrogens with zero attached hydrogens (tertiary/aromatic N) is 1. The molecular weight excluding hydrogens is 360 g/mol. The van der Waals surface area contributed by atoms with Crippen molar-refractivity contribution in [1.82, 2.24) is 4.98 Å². The maximum Gasteiger partial charge on any atom is 0.259 e. The summed E-state index contributed by atoms with van der Waals surface area (Å²) >= 11 is 0. The number of anilines is 1. The molecule has 1 heterocycles. The monoisotopic (exact) mass is 382 g/mol. The second-order valence-electron chi connectivity index (χ2n) is 6.85. The number of carbonyl (C=O) groups excluding carboxylic acids is 1. The van der Waals surface area contributed by atoms with E-state index in [9.17, 15) is 4.79 Å². The third kappa shape index (κ3) is 3.97. The Labute approximate surface area is 170 Å². The van der Waals surface area contributed by atoms with Crippen LogP contribution in [0.3, 0.4) is 0 Å². The second kappa shape index (κ2) is 8.15. The minimum Gasteiger partial charge on any atom is -0.493 e. The number of fused-ring (bicyclic) bond motifs is 1. The normalized spacial score (nSPS) is 10.7. The van der Waals surface area contributed by atoms with Gasteiger partial charge in [-0.05, 0) is 72.3 Å². The molecule has 1 aromatic heterocycles. The maximum atomic E-state index is 12.8. The molecule has 3 aromatic carbocycles. The molecule has 0 atom stereocenters. The molecule has 0 aliphatic rings. The van der Waals surface area contributed by atoms with E-state index in [1.807, 2.05) is 55.6 Å². The van der Waals surface area contributed by atoms with Gasteiger partial charge in [0, 0.05) is 23.5 Å². The van der Waals surface area contributed by atoms with Gasteiger partial charge in [0.15, 0.2) is 0 Å². The standard InChI is InChI=1S/C25H22N2O2/c1-3-29-24-7-5-4-6-22(24)25(28)27-21-11-8-17(2)23(15-21)19-10-9-18-12-13-26-16-20(18)14-19/h4-16H,3H2,1-2H3,(H,27,28). The predicted molar refractivity (Wildman–Crippen MR) is 117 cm³/mol. The molecule has 0 unspecified atom stereocenters. The van der Waals surface area contributed by atoms with Crippen molar-refractivity contribution in [2.45, 2.75) is 13.8 Å². The number of benzene rings is 3. The van der Waals surface area contributed by atoms with Gasteiger partial charge in [-0.2, -0.15) is 0 Å². The number of pyridine rings is 1. The Morgan fingerprint density at radius 3 is 2.72 bits per heavy atom. The summed E-state index contributed by atoms with van der Waals surface area (Å²) in [7, 11) is 0. The molecule has 0 aliphatic heterocycles. The lowest BCUT2D eigenvalue weighted by Crippen LogP contribution is -2.13. The summed E-state index contributed by atoms with van der Waals surface area (Å²) < 4.78 is 5.58. The maximum absolute atomic E-state index is 12.8. The first-order valence-electron chi connectivity index (χ1n) is 9.63. The van der Waals surface area contributed by atoms with E-state index in [0.717, 1.165) is 33.2 Å². The van der Waals surface area contributed by atoms with E-state index >= 15 is 0 Å². The number of ether oxygens (including phenoxy) is 1. The van der Waals surface area contributed by atoms with Crippen LogP contribution in [0.1, 0.15) is 22.8 Å². The third-order valence-electron chi connectivity index (χ3n) is 4.88. The van der Waals surface area contributed by atoms with Crippen LogP contribution in [-0.4, -0.2) is 17.5 Å². The molecule has 0 saturated carbocycles. The lowest BCUT2D eigenvalue weighted by molar-refractivity contribution is 0.102. The molecule has 1 N–H and O–H groups in total. The number of aryl methyl sites for hydroxylation is 1. The number of carbonyl (C=O) groups is 1. The van der Waals surface area contributed by atoms with Gasteiger partial charge in [0.05, 0.1) is 12.2 Å². The summed E-state index contributed by atoms with van der Waals surface area (Å²) in [5, 5.41) is 5.24. The van der Waals surface area contributed by atoms with Crippen LogP contribution in [0.4, 0.5) is 5.69 Å². The van der Waals surface area contributed by atoms with E-state index in [2.05, 4.69) is 35.4 Å². The Morgan fingerprint density at radius 2 is 1.86 bits per heavy atom. The number of amides is 1. The van der Waals surface area contributed by atoms with E-state index in [-0.39, 0.29) is 5.91 Å². The summed E-state index contributed by atoms with van der Waals surface area (Å²) in [6.07, 6.45) is 3.66. The van der Waals surface area contributed by atoms with Crippen LogP contribution in [-0.2, 0) is 0 Å². The first kappa shape index (κ1) is 18.7. The van der Waals surface area contributed by atoms with Gasteiger partial charge >= 0.3 is 0 Å². The Hall–Kier alpha value is -3.66. The van der Waals surface area contributed by atoms with Crippen molar-refractivity contribution in [2.24, 2.45) is 0 Å². The zero-order valence-corrected chi connectivity index (χ0v) is 16.5. The van der Waals surface area contributed by atoms with Crippen LogP contribution in [0, 0.1) is 6.92 Å². The van der Waals surface area contributed by atoms with Gasteiger partial charge in [0.2, 0.25) is 0 Å². The highest BCUT2D eigenvalue weighted by Crippen LogP contribution is 2.30. The van der Waals surface area contributed by atoms with Crippen molar-refractivity contribution in [1.29, 1.82) is 0 Å². The van der Waals surface area contributed by atoms with E-state index < -0.39 is 0 Å². The van der Waals surface area contributed by atoms with Crippen molar-refractivity contribution in [3.63, 3.8) is 0 Å². The smallest absolute Gasteiger partial charge is 0.259 e.